The maximum Gasteiger partial charge on any atom is 0.411 e. The molecule has 8 heteroatoms. The fraction of sp³-hybridized carbons (Fsp3) is 0.556. The summed E-state index contributed by atoms with van der Waals surface area (Å²) in [6.07, 6.45) is -4.29. The van der Waals surface area contributed by atoms with Crippen molar-refractivity contribution >= 4 is 43.2 Å². The highest BCUT2D eigenvalue weighted by molar-refractivity contribution is 9.12. The van der Waals surface area contributed by atoms with Crippen LogP contribution in [0, 0.1) is 0 Å². The Balaban J connectivity index is 2.57. The van der Waals surface area contributed by atoms with Crippen LogP contribution in [0.25, 0.3) is 0 Å². The number of nitrogens with one attached hydrogen (secondary N) is 1. The van der Waals surface area contributed by atoms with Crippen LogP contribution in [0.2, 0.25) is 0 Å². The van der Waals surface area contributed by atoms with Crippen molar-refractivity contribution in [2.75, 3.05) is 20.3 Å². The zero-order valence-corrected chi connectivity index (χ0v) is 12.8. The van der Waals surface area contributed by atoms with Crippen molar-refractivity contribution in [2.45, 2.75) is 12.2 Å². The van der Waals surface area contributed by atoms with Gasteiger partial charge in [0, 0.05) is 0 Å². The lowest BCUT2D eigenvalue weighted by Gasteiger charge is -2.16. The molecule has 0 amide bonds. The molecule has 1 atom stereocenters. The second-order valence-electron chi connectivity index (χ2n) is 3.25. The number of hydrogen-bond acceptors (Lipinski definition) is 3. The maximum absolute atomic E-state index is 11.9. The molecule has 0 aliphatic rings. The third-order valence-electron chi connectivity index (χ3n) is 1.96. The van der Waals surface area contributed by atoms with E-state index in [1.807, 2.05) is 6.07 Å². The van der Waals surface area contributed by atoms with Gasteiger partial charge in [0.1, 0.15) is 6.61 Å². The third-order valence-corrected chi connectivity index (χ3v) is 4.34. The van der Waals surface area contributed by atoms with E-state index >= 15 is 0 Å². The second-order valence-corrected chi connectivity index (χ2v) is 7.00. The zero-order chi connectivity index (χ0) is 13.1. The molecule has 2 nitrogen and oxygen atoms in total. The minimum atomic E-state index is -4.29. The van der Waals surface area contributed by atoms with Crippen LogP contribution >= 0.6 is 43.2 Å². The number of thiophene rings is 1. The summed E-state index contributed by atoms with van der Waals surface area (Å²) in [7, 11) is 1.68. The largest absolute Gasteiger partial charge is 0.411 e. The lowest BCUT2D eigenvalue weighted by molar-refractivity contribution is -0.175. The van der Waals surface area contributed by atoms with E-state index in [4.69, 9.17) is 0 Å². The van der Waals surface area contributed by atoms with E-state index in [9.17, 15) is 13.2 Å². The van der Waals surface area contributed by atoms with E-state index in [0.717, 1.165) is 13.1 Å². The molecular weight excluding hydrogens is 387 g/mol. The van der Waals surface area contributed by atoms with E-state index in [2.05, 4.69) is 41.9 Å². The summed E-state index contributed by atoms with van der Waals surface area (Å²) in [6.45, 7) is -1.26. The average Bonchev–Trinajstić information content (AvgIpc) is 2.51. The Hall–Kier alpha value is 0.370. The van der Waals surface area contributed by atoms with Crippen LogP contribution in [0.4, 0.5) is 13.2 Å². The van der Waals surface area contributed by atoms with Gasteiger partial charge in [0.2, 0.25) is 0 Å². The fourth-order valence-corrected chi connectivity index (χ4v) is 4.19. The predicted molar refractivity (Wildman–Crippen MR) is 68.4 cm³/mol. The molecule has 0 bridgehead atoms. The lowest BCUT2D eigenvalue weighted by Crippen LogP contribution is -2.25. The number of likely N-dealkylation sites (N-methyl/N-ethyl adjacent to an activating group) is 1. The van der Waals surface area contributed by atoms with E-state index < -0.39 is 12.8 Å². The molecule has 1 heterocycles. The first-order valence-corrected chi connectivity index (χ1v) is 7.00. The van der Waals surface area contributed by atoms with Crippen LogP contribution in [0.1, 0.15) is 11.6 Å². The average molecular weight is 397 g/mol. The number of alkyl halides is 3. The van der Waals surface area contributed by atoms with E-state index in [1.165, 1.54) is 11.3 Å². The summed E-state index contributed by atoms with van der Waals surface area (Å²) in [5.41, 5.74) is 0.881. The van der Waals surface area contributed by atoms with Gasteiger partial charge in [0.05, 0.1) is 20.2 Å². The van der Waals surface area contributed by atoms with Crippen LogP contribution in [-0.2, 0) is 4.74 Å². The molecule has 0 aliphatic heterocycles. The third kappa shape index (κ3) is 5.25. The molecule has 0 saturated carbocycles. The Labute approximate surface area is 118 Å². The van der Waals surface area contributed by atoms with Crippen molar-refractivity contribution in [2.24, 2.45) is 0 Å². The molecule has 0 aliphatic carbocycles. The Morgan fingerprint density at radius 3 is 2.53 bits per heavy atom. The summed E-state index contributed by atoms with van der Waals surface area (Å²) in [5.74, 6) is 0. The molecule has 1 N–H and O–H groups in total. The Kier molecular flexibility index (Phi) is 5.91. The van der Waals surface area contributed by atoms with Crippen LogP contribution in [-0.4, -0.2) is 26.4 Å². The van der Waals surface area contributed by atoms with Crippen LogP contribution in [0.5, 0.6) is 0 Å². The van der Waals surface area contributed by atoms with Crippen LogP contribution < -0.4 is 5.32 Å². The molecule has 1 rings (SSSR count). The van der Waals surface area contributed by atoms with Gasteiger partial charge >= 0.3 is 6.18 Å². The molecular formula is C9H10Br2F3NOS. The zero-order valence-electron chi connectivity index (χ0n) is 8.78. The van der Waals surface area contributed by atoms with Gasteiger partial charge in [-0.2, -0.15) is 13.2 Å². The normalized spacial score (nSPS) is 14.0. The molecule has 0 spiro atoms. The van der Waals surface area contributed by atoms with Gasteiger partial charge in [-0.1, -0.05) is 0 Å². The summed E-state index contributed by atoms with van der Waals surface area (Å²) in [6, 6.07) is 1.58. The molecule has 98 valence electrons. The molecule has 0 fully saturated rings. The van der Waals surface area contributed by atoms with Gasteiger partial charge in [0.15, 0.2) is 0 Å². The van der Waals surface area contributed by atoms with E-state index in [1.54, 1.807) is 7.05 Å². The molecule has 0 aromatic carbocycles. The highest BCUT2D eigenvalue weighted by atomic mass is 79.9. The first-order chi connectivity index (χ1) is 7.83. The highest BCUT2D eigenvalue weighted by Crippen LogP contribution is 2.35. The number of ether oxygens (including phenoxy) is 1. The van der Waals surface area contributed by atoms with Crippen molar-refractivity contribution in [1.29, 1.82) is 0 Å². The van der Waals surface area contributed by atoms with Crippen molar-refractivity contribution in [3.8, 4) is 0 Å². The number of rotatable bonds is 5. The molecule has 17 heavy (non-hydrogen) atoms. The minimum Gasteiger partial charge on any atom is -0.370 e. The highest BCUT2D eigenvalue weighted by Gasteiger charge is 2.28. The van der Waals surface area contributed by atoms with Gasteiger partial charge in [-0.15, -0.1) is 11.3 Å². The van der Waals surface area contributed by atoms with Gasteiger partial charge in [-0.25, -0.2) is 0 Å². The summed E-state index contributed by atoms with van der Waals surface area (Å²) in [5, 5.41) is 2.92. The Morgan fingerprint density at radius 1 is 1.47 bits per heavy atom. The predicted octanol–water partition coefficient (Wildman–Crippen LogP) is 4.11. The summed E-state index contributed by atoms with van der Waals surface area (Å²) >= 11 is 8.15. The molecule has 0 radical (unpaired) electrons. The van der Waals surface area contributed by atoms with Crippen molar-refractivity contribution in [3.63, 3.8) is 0 Å². The molecule has 1 aromatic rings. The minimum absolute atomic E-state index is 0.0300. The van der Waals surface area contributed by atoms with Crippen molar-refractivity contribution in [3.05, 3.63) is 19.2 Å². The number of halogens is 5. The molecule has 1 aromatic heterocycles. The summed E-state index contributed by atoms with van der Waals surface area (Å²) in [4.78, 5) is 0. The van der Waals surface area contributed by atoms with E-state index in [0.29, 0.717) is 0 Å². The van der Waals surface area contributed by atoms with Gasteiger partial charge in [0.25, 0.3) is 0 Å². The van der Waals surface area contributed by atoms with Gasteiger partial charge < -0.3 is 10.1 Å². The fourth-order valence-electron chi connectivity index (χ4n) is 1.21. The standard InChI is InChI=1S/C9H10Br2F3NOS/c1-15-6(3-16-4-9(12,13)14)5-2-7(10)17-8(5)11/h2,6,15H,3-4H2,1H3. The SMILES string of the molecule is CNC(COCC(F)(F)F)c1cc(Br)sc1Br. The topological polar surface area (TPSA) is 21.3 Å². The van der Waals surface area contributed by atoms with Crippen LogP contribution in [0.3, 0.4) is 0 Å². The number of hydrogen-bond donors (Lipinski definition) is 1. The van der Waals surface area contributed by atoms with Crippen molar-refractivity contribution in [1.82, 2.24) is 5.32 Å². The second kappa shape index (κ2) is 6.51. The van der Waals surface area contributed by atoms with Gasteiger partial charge in [-0.05, 0) is 50.5 Å². The smallest absolute Gasteiger partial charge is 0.370 e. The Bertz CT molecular complexity index is 370. The summed E-state index contributed by atoms with van der Waals surface area (Å²) < 4.78 is 42.2. The van der Waals surface area contributed by atoms with E-state index in [-0.39, 0.29) is 12.6 Å². The quantitative estimate of drug-likeness (QED) is 0.808. The maximum atomic E-state index is 11.9. The first kappa shape index (κ1) is 15.4. The van der Waals surface area contributed by atoms with Gasteiger partial charge in [-0.3, -0.25) is 0 Å². The monoisotopic (exact) mass is 395 g/mol. The molecule has 1 unspecified atom stereocenters. The lowest BCUT2D eigenvalue weighted by atomic mass is 10.2. The Morgan fingerprint density at radius 2 is 2.12 bits per heavy atom. The van der Waals surface area contributed by atoms with Crippen molar-refractivity contribution < 1.29 is 17.9 Å². The first-order valence-electron chi connectivity index (χ1n) is 4.60. The molecule has 0 saturated heterocycles. The van der Waals surface area contributed by atoms with Crippen LogP contribution in [0.15, 0.2) is 13.6 Å².